The van der Waals surface area contributed by atoms with Gasteiger partial charge >= 0.3 is 12.0 Å². The summed E-state index contributed by atoms with van der Waals surface area (Å²) >= 11 is 0. The van der Waals surface area contributed by atoms with Crippen LogP contribution in [0, 0.1) is 5.92 Å². The number of carbonyl (C=O) groups is 2. The van der Waals surface area contributed by atoms with Gasteiger partial charge in [-0.25, -0.2) is 9.59 Å². The highest BCUT2D eigenvalue weighted by Crippen LogP contribution is 2.37. The molecule has 3 atom stereocenters. The number of carbonyl (C=O) groups excluding carboxylic acids is 1. The molecule has 5 heteroatoms. The van der Waals surface area contributed by atoms with Crippen molar-refractivity contribution in [1.29, 1.82) is 0 Å². The Hall–Kier alpha value is -1.26. The van der Waals surface area contributed by atoms with E-state index in [2.05, 4.69) is 0 Å². The van der Waals surface area contributed by atoms with Gasteiger partial charge in [0.2, 0.25) is 0 Å². The van der Waals surface area contributed by atoms with Crippen molar-refractivity contribution in [2.24, 2.45) is 5.92 Å². The second-order valence-corrected chi connectivity index (χ2v) is 6.77. The average molecular weight is 294 g/mol. The SMILES string of the molecule is O=C(O)C1CCCCCN1C(=O)N1CCCC2CCCC21. The van der Waals surface area contributed by atoms with E-state index in [-0.39, 0.29) is 6.03 Å². The largest absolute Gasteiger partial charge is 0.480 e. The molecule has 0 aromatic rings. The molecule has 3 rings (SSSR count). The number of hydrogen-bond acceptors (Lipinski definition) is 2. The first kappa shape index (κ1) is 14.7. The van der Waals surface area contributed by atoms with Gasteiger partial charge in [-0.05, 0) is 44.4 Å². The number of likely N-dealkylation sites (tertiary alicyclic amines) is 2. The fourth-order valence-corrected chi connectivity index (χ4v) is 4.45. The molecule has 3 aliphatic rings. The minimum atomic E-state index is -0.842. The van der Waals surface area contributed by atoms with Crippen molar-refractivity contribution in [2.45, 2.75) is 69.9 Å². The molecule has 1 saturated carbocycles. The third-order valence-corrected chi connectivity index (χ3v) is 5.52. The lowest BCUT2D eigenvalue weighted by Gasteiger charge is -2.41. The maximum atomic E-state index is 13.0. The summed E-state index contributed by atoms with van der Waals surface area (Å²) in [5.41, 5.74) is 0. The van der Waals surface area contributed by atoms with E-state index in [0.717, 1.165) is 38.6 Å². The molecule has 21 heavy (non-hydrogen) atoms. The number of carboxylic acids is 1. The number of carboxylic acid groups (broad SMARTS) is 1. The van der Waals surface area contributed by atoms with Crippen molar-refractivity contribution in [3.63, 3.8) is 0 Å². The number of rotatable bonds is 1. The van der Waals surface area contributed by atoms with Gasteiger partial charge < -0.3 is 14.9 Å². The van der Waals surface area contributed by atoms with Crippen LogP contribution in [-0.4, -0.2) is 52.1 Å². The molecule has 2 amide bonds. The highest BCUT2D eigenvalue weighted by atomic mass is 16.4. The molecule has 2 saturated heterocycles. The predicted octanol–water partition coefficient (Wildman–Crippen LogP) is 2.70. The summed E-state index contributed by atoms with van der Waals surface area (Å²) in [6.45, 7) is 1.41. The molecule has 1 aliphatic carbocycles. The summed E-state index contributed by atoms with van der Waals surface area (Å²) in [5.74, 6) is -0.191. The van der Waals surface area contributed by atoms with Crippen LogP contribution in [-0.2, 0) is 4.79 Å². The van der Waals surface area contributed by atoms with Gasteiger partial charge in [-0.1, -0.05) is 19.3 Å². The molecule has 0 spiro atoms. The molecule has 118 valence electrons. The van der Waals surface area contributed by atoms with E-state index in [9.17, 15) is 14.7 Å². The molecule has 0 bridgehead atoms. The minimum absolute atomic E-state index is 0.0131. The Kier molecular flexibility index (Phi) is 4.36. The third kappa shape index (κ3) is 2.87. The molecule has 3 fully saturated rings. The van der Waals surface area contributed by atoms with Crippen LogP contribution in [0.4, 0.5) is 4.79 Å². The summed E-state index contributed by atoms with van der Waals surface area (Å²) < 4.78 is 0. The molecule has 2 heterocycles. The first-order chi connectivity index (χ1) is 10.2. The standard InChI is InChI=1S/C16H26N2O3/c19-15(20)14-8-2-1-3-10-18(14)16(21)17-11-5-7-12-6-4-9-13(12)17/h12-14H,1-11H2,(H,19,20). The van der Waals surface area contributed by atoms with E-state index in [1.165, 1.54) is 19.3 Å². The lowest BCUT2D eigenvalue weighted by atomic mass is 9.92. The highest BCUT2D eigenvalue weighted by Gasteiger charge is 2.41. The highest BCUT2D eigenvalue weighted by molar-refractivity contribution is 5.83. The van der Waals surface area contributed by atoms with Gasteiger partial charge in [0.1, 0.15) is 6.04 Å². The number of fused-ring (bicyclic) bond motifs is 1. The molecule has 0 radical (unpaired) electrons. The number of piperidine rings is 1. The Morgan fingerprint density at radius 1 is 0.810 bits per heavy atom. The van der Waals surface area contributed by atoms with Crippen LogP contribution < -0.4 is 0 Å². The second kappa shape index (κ2) is 6.24. The zero-order chi connectivity index (χ0) is 14.8. The van der Waals surface area contributed by atoms with Crippen LogP contribution in [0.25, 0.3) is 0 Å². The molecular weight excluding hydrogens is 268 g/mol. The van der Waals surface area contributed by atoms with Gasteiger partial charge in [0.15, 0.2) is 0 Å². The van der Waals surface area contributed by atoms with Crippen LogP contribution in [0.15, 0.2) is 0 Å². The Bertz CT molecular complexity index is 412. The van der Waals surface area contributed by atoms with Gasteiger partial charge in [0.05, 0.1) is 0 Å². The quantitative estimate of drug-likeness (QED) is 0.809. The van der Waals surface area contributed by atoms with Crippen LogP contribution in [0.5, 0.6) is 0 Å². The molecule has 0 aromatic carbocycles. The minimum Gasteiger partial charge on any atom is -0.480 e. The molecule has 3 unspecified atom stereocenters. The van der Waals surface area contributed by atoms with Crippen molar-refractivity contribution in [2.75, 3.05) is 13.1 Å². The number of amides is 2. The third-order valence-electron chi connectivity index (χ3n) is 5.52. The van der Waals surface area contributed by atoms with Crippen molar-refractivity contribution in [3.05, 3.63) is 0 Å². The second-order valence-electron chi connectivity index (χ2n) is 6.77. The molecule has 1 N–H and O–H groups in total. The summed E-state index contributed by atoms with van der Waals surface area (Å²) in [6, 6.07) is -0.272. The average Bonchev–Trinajstić information content (AvgIpc) is 2.81. The Balaban J connectivity index is 1.76. The number of aliphatic carboxylic acids is 1. The zero-order valence-corrected chi connectivity index (χ0v) is 12.7. The van der Waals surface area contributed by atoms with Crippen LogP contribution in [0.1, 0.15) is 57.8 Å². The van der Waals surface area contributed by atoms with Gasteiger partial charge in [0, 0.05) is 19.1 Å². The Labute approximate surface area is 126 Å². The maximum absolute atomic E-state index is 13.0. The predicted molar refractivity (Wildman–Crippen MR) is 79.1 cm³/mol. The van der Waals surface area contributed by atoms with Gasteiger partial charge in [-0.3, -0.25) is 0 Å². The van der Waals surface area contributed by atoms with E-state index < -0.39 is 12.0 Å². The number of hydrogen-bond donors (Lipinski definition) is 1. The first-order valence-corrected chi connectivity index (χ1v) is 8.48. The molecule has 2 aliphatic heterocycles. The van der Waals surface area contributed by atoms with Gasteiger partial charge in [0.25, 0.3) is 0 Å². The summed E-state index contributed by atoms with van der Waals surface area (Å²) in [4.78, 5) is 28.1. The lowest BCUT2D eigenvalue weighted by Crippen LogP contribution is -2.55. The summed E-state index contributed by atoms with van der Waals surface area (Å²) in [5, 5.41) is 9.46. The van der Waals surface area contributed by atoms with Crippen LogP contribution in [0.2, 0.25) is 0 Å². The Morgan fingerprint density at radius 2 is 1.57 bits per heavy atom. The number of urea groups is 1. The van der Waals surface area contributed by atoms with Crippen molar-refractivity contribution < 1.29 is 14.7 Å². The summed E-state index contributed by atoms with van der Waals surface area (Å²) in [6.07, 6.45) is 9.31. The normalized spacial score (nSPS) is 33.4. The maximum Gasteiger partial charge on any atom is 0.326 e. The fourth-order valence-electron chi connectivity index (χ4n) is 4.45. The van der Waals surface area contributed by atoms with E-state index in [1.54, 1.807) is 4.90 Å². The van der Waals surface area contributed by atoms with Gasteiger partial charge in [-0.15, -0.1) is 0 Å². The monoisotopic (exact) mass is 294 g/mol. The van der Waals surface area contributed by atoms with E-state index in [1.807, 2.05) is 4.90 Å². The molecule has 0 aromatic heterocycles. The first-order valence-electron chi connectivity index (χ1n) is 8.48. The van der Waals surface area contributed by atoms with Crippen molar-refractivity contribution in [3.8, 4) is 0 Å². The summed E-state index contributed by atoms with van der Waals surface area (Å²) in [7, 11) is 0. The van der Waals surface area contributed by atoms with E-state index >= 15 is 0 Å². The molecule has 5 nitrogen and oxygen atoms in total. The molecular formula is C16H26N2O3. The van der Waals surface area contributed by atoms with Crippen LogP contribution >= 0.6 is 0 Å². The van der Waals surface area contributed by atoms with Crippen molar-refractivity contribution in [1.82, 2.24) is 9.80 Å². The topological polar surface area (TPSA) is 60.9 Å². The lowest BCUT2D eigenvalue weighted by molar-refractivity contribution is -0.142. The van der Waals surface area contributed by atoms with E-state index in [0.29, 0.717) is 24.9 Å². The fraction of sp³-hybridized carbons (Fsp3) is 0.875. The smallest absolute Gasteiger partial charge is 0.326 e. The van der Waals surface area contributed by atoms with Gasteiger partial charge in [-0.2, -0.15) is 0 Å². The Morgan fingerprint density at radius 3 is 2.38 bits per heavy atom. The number of nitrogens with zero attached hydrogens (tertiary/aromatic N) is 2. The zero-order valence-electron chi connectivity index (χ0n) is 12.7. The van der Waals surface area contributed by atoms with Crippen LogP contribution in [0.3, 0.4) is 0 Å². The van der Waals surface area contributed by atoms with Crippen molar-refractivity contribution >= 4 is 12.0 Å². The van der Waals surface area contributed by atoms with E-state index in [4.69, 9.17) is 0 Å².